The molecule has 1 aromatic heterocycles. The average Bonchev–Trinajstić information content (AvgIpc) is 3.36. The highest BCUT2D eigenvalue weighted by Crippen LogP contribution is 2.39. The lowest BCUT2D eigenvalue weighted by Crippen LogP contribution is -2.16. The highest BCUT2D eigenvalue weighted by molar-refractivity contribution is 7.89. The SMILES string of the molecule is COc1cc(C(=O)Nc2ccc(-c3ccccc3C(F)(F)F)c(Cn3cccc3)c2)ccc1S(N)(=O)=O. The molecule has 0 aliphatic heterocycles. The van der Waals surface area contributed by atoms with Gasteiger partial charge in [0, 0.05) is 30.2 Å². The first-order chi connectivity index (χ1) is 17.5. The monoisotopic (exact) mass is 529 g/mol. The standard InChI is InChI=1S/C26H22F3N3O4S/c1-36-23-15-17(8-11-24(23)37(30,34)35)25(33)31-19-9-10-20(18(14-19)16-32-12-4-5-13-32)21-6-2-3-7-22(21)26(27,28)29/h2-15H,16H2,1H3,(H,31,33)(H2,30,34,35). The first-order valence-electron chi connectivity index (χ1n) is 10.9. The van der Waals surface area contributed by atoms with E-state index >= 15 is 0 Å². The Labute approximate surface area is 211 Å². The zero-order valence-electron chi connectivity index (χ0n) is 19.5. The molecule has 4 aromatic rings. The summed E-state index contributed by atoms with van der Waals surface area (Å²) in [6, 6.07) is 17.3. The first kappa shape index (κ1) is 26.0. The van der Waals surface area contributed by atoms with Gasteiger partial charge in [-0.05, 0) is 65.2 Å². The zero-order valence-corrected chi connectivity index (χ0v) is 20.3. The number of sulfonamides is 1. The number of nitrogens with one attached hydrogen (secondary N) is 1. The smallest absolute Gasteiger partial charge is 0.417 e. The van der Waals surface area contributed by atoms with E-state index in [1.165, 1.54) is 49.6 Å². The number of hydrogen-bond acceptors (Lipinski definition) is 4. The van der Waals surface area contributed by atoms with Crippen molar-refractivity contribution in [3.05, 3.63) is 102 Å². The van der Waals surface area contributed by atoms with Crippen molar-refractivity contribution in [3.8, 4) is 16.9 Å². The summed E-state index contributed by atoms with van der Waals surface area (Å²) in [7, 11) is -2.82. The molecule has 0 fully saturated rings. The van der Waals surface area contributed by atoms with E-state index < -0.39 is 27.7 Å². The molecule has 0 atom stereocenters. The molecule has 7 nitrogen and oxygen atoms in total. The number of benzene rings is 3. The van der Waals surface area contributed by atoms with E-state index in [4.69, 9.17) is 9.88 Å². The summed E-state index contributed by atoms with van der Waals surface area (Å²) >= 11 is 0. The number of rotatable bonds is 7. The molecular weight excluding hydrogens is 507 g/mol. The molecule has 3 N–H and O–H groups in total. The van der Waals surface area contributed by atoms with Gasteiger partial charge in [-0.1, -0.05) is 24.3 Å². The van der Waals surface area contributed by atoms with Gasteiger partial charge in [-0.15, -0.1) is 0 Å². The van der Waals surface area contributed by atoms with Crippen molar-refractivity contribution in [2.24, 2.45) is 5.14 Å². The largest absolute Gasteiger partial charge is 0.495 e. The van der Waals surface area contributed by atoms with Gasteiger partial charge in [0.25, 0.3) is 5.91 Å². The fourth-order valence-corrected chi connectivity index (χ4v) is 4.63. The number of nitrogens with zero attached hydrogens (tertiary/aromatic N) is 1. The van der Waals surface area contributed by atoms with E-state index in [2.05, 4.69) is 5.32 Å². The van der Waals surface area contributed by atoms with Crippen LogP contribution in [0.15, 0.2) is 90.1 Å². The second kappa shape index (κ2) is 10.1. The Hall–Kier alpha value is -4.09. The molecule has 0 aliphatic carbocycles. The lowest BCUT2D eigenvalue weighted by Gasteiger charge is -2.18. The first-order valence-corrected chi connectivity index (χ1v) is 12.4. The summed E-state index contributed by atoms with van der Waals surface area (Å²) in [4.78, 5) is 12.6. The van der Waals surface area contributed by atoms with Crippen LogP contribution in [0.1, 0.15) is 21.5 Å². The van der Waals surface area contributed by atoms with Gasteiger partial charge in [0.05, 0.1) is 12.7 Å². The summed E-state index contributed by atoms with van der Waals surface area (Å²) < 4.78 is 71.5. The number of alkyl halides is 3. The van der Waals surface area contributed by atoms with Crippen LogP contribution in [0, 0.1) is 0 Å². The van der Waals surface area contributed by atoms with Crippen molar-refractivity contribution in [2.75, 3.05) is 12.4 Å². The predicted octanol–water partition coefficient (Wildman–Crippen LogP) is 5.13. The average molecular weight is 530 g/mol. The van der Waals surface area contributed by atoms with Crippen molar-refractivity contribution >= 4 is 21.6 Å². The molecule has 4 rings (SSSR count). The van der Waals surface area contributed by atoms with Gasteiger partial charge in [-0.2, -0.15) is 13.2 Å². The van der Waals surface area contributed by atoms with Crippen molar-refractivity contribution in [1.29, 1.82) is 0 Å². The van der Waals surface area contributed by atoms with Gasteiger partial charge in [-0.25, -0.2) is 13.6 Å². The van der Waals surface area contributed by atoms with Crippen LogP contribution >= 0.6 is 0 Å². The Kier molecular flexibility index (Phi) is 7.10. The molecule has 192 valence electrons. The minimum absolute atomic E-state index is 0.0263. The molecule has 11 heteroatoms. The summed E-state index contributed by atoms with van der Waals surface area (Å²) in [6.07, 6.45) is -0.982. The van der Waals surface area contributed by atoms with Gasteiger partial charge in [0.1, 0.15) is 10.6 Å². The summed E-state index contributed by atoms with van der Waals surface area (Å²) in [5, 5.41) is 7.88. The number of ether oxygens (including phenoxy) is 1. The van der Waals surface area contributed by atoms with Crippen LogP contribution in [0.2, 0.25) is 0 Å². The fraction of sp³-hybridized carbons (Fsp3) is 0.115. The Morgan fingerprint density at radius 3 is 2.32 bits per heavy atom. The highest BCUT2D eigenvalue weighted by Gasteiger charge is 2.33. The molecular formula is C26H22F3N3O4S. The van der Waals surface area contributed by atoms with E-state index in [1.54, 1.807) is 35.2 Å². The molecule has 0 radical (unpaired) electrons. The second-order valence-electron chi connectivity index (χ2n) is 8.14. The number of amides is 1. The van der Waals surface area contributed by atoms with E-state index in [1.807, 2.05) is 0 Å². The van der Waals surface area contributed by atoms with Gasteiger partial charge in [0.15, 0.2) is 0 Å². The maximum atomic E-state index is 13.7. The van der Waals surface area contributed by atoms with Crippen LogP contribution in [0.4, 0.5) is 18.9 Å². The number of nitrogens with two attached hydrogens (primary N) is 1. The van der Waals surface area contributed by atoms with E-state index in [0.717, 1.165) is 12.1 Å². The molecule has 0 saturated heterocycles. The van der Waals surface area contributed by atoms with Gasteiger partial charge in [0.2, 0.25) is 10.0 Å². The number of carbonyl (C=O) groups excluding carboxylic acids is 1. The Morgan fingerprint density at radius 1 is 0.973 bits per heavy atom. The van der Waals surface area contributed by atoms with Crippen LogP contribution in [0.25, 0.3) is 11.1 Å². The number of hydrogen-bond donors (Lipinski definition) is 2. The van der Waals surface area contributed by atoms with Crippen molar-refractivity contribution in [3.63, 3.8) is 0 Å². The maximum absolute atomic E-state index is 13.7. The summed E-state index contributed by atoms with van der Waals surface area (Å²) in [5.74, 6) is -0.669. The van der Waals surface area contributed by atoms with Crippen molar-refractivity contribution < 1.29 is 31.1 Å². The number of primary sulfonamides is 1. The summed E-state index contributed by atoms with van der Waals surface area (Å²) in [6.45, 7) is 0.259. The molecule has 0 unspecified atom stereocenters. The lowest BCUT2D eigenvalue weighted by molar-refractivity contribution is -0.137. The Balaban J connectivity index is 1.72. The summed E-state index contributed by atoms with van der Waals surface area (Å²) in [5.41, 5.74) is 0.630. The normalized spacial score (nSPS) is 11.8. The van der Waals surface area contributed by atoms with Crippen LogP contribution in [0.5, 0.6) is 5.75 Å². The quantitative estimate of drug-likeness (QED) is 0.346. The lowest BCUT2D eigenvalue weighted by atomic mass is 9.94. The van der Waals surface area contributed by atoms with Crippen LogP contribution in [-0.4, -0.2) is 26.0 Å². The Morgan fingerprint density at radius 2 is 1.68 bits per heavy atom. The van der Waals surface area contributed by atoms with Gasteiger partial charge < -0.3 is 14.6 Å². The van der Waals surface area contributed by atoms with Crippen molar-refractivity contribution in [1.82, 2.24) is 4.57 Å². The molecule has 0 aliphatic rings. The van der Waals surface area contributed by atoms with Gasteiger partial charge >= 0.3 is 6.18 Å². The predicted molar refractivity (Wildman–Crippen MR) is 133 cm³/mol. The second-order valence-corrected chi connectivity index (χ2v) is 9.67. The maximum Gasteiger partial charge on any atom is 0.417 e. The zero-order chi connectivity index (χ0) is 26.8. The Bertz CT molecular complexity index is 1550. The molecule has 0 saturated carbocycles. The number of methoxy groups -OCH3 is 1. The fourth-order valence-electron chi connectivity index (χ4n) is 3.95. The van der Waals surface area contributed by atoms with E-state index in [0.29, 0.717) is 16.8 Å². The van der Waals surface area contributed by atoms with Gasteiger partial charge in [-0.3, -0.25) is 4.79 Å². The van der Waals surface area contributed by atoms with E-state index in [-0.39, 0.29) is 28.3 Å². The number of carbonyl (C=O) groups is 1. The molecule has 3 aromatic carbocycles. The molecule has 1 amide bonds. The third kappa shape index (κ3) is 5.84. The molecule has 0 spiro atoms. The minimum Gasteiger partial charge on any atom is -0.495 e. The highest BCUT2D eigenvalue weighted by atomic mass is 32.2. The topological polar surface area (TPSA) is 103 Å². The molecule has 0 bridgehead atoms. The van der Waals surface area contributed by atoms with Crippen LogP contribution in [0.3, 0.4) is 0 Å². The third-order valence-electron chi connectivity index (χ3n) is 5.64. The number of aromatic nitrogens is 1. The van der Waals surface area contributed by atoms with Crippen LogP contribution in [-0.2, 0) is 22.7 Å². The van der Waals surface area contributed by atoms with E-state index in [9.17, 15) is 26.4 Å². The third-order valence-corrected chi connectivity index (χ3v) is 6.59. The van der Waals surface area contributed by atoms with Crippen molar-refractivity contribution in [2.45, 2.75) is 17.6 Å². The molecule has 37 heavy (non-hydrogen) atoms. The van der Waals surface area contributed by atoms with Crippen LogP contribution < -0.4 is 15.2 Å². The number of halogens is 3. The number of anilines is 1. The minimum atomic E-state index is -4.55. The molecule has 1 heterocycles.